The van der Waals surface area contributed by atoms with Crippen LogP contribution in [0.2, 0.25) is 0 Å². The second kappa shape index (κ2) is 4.67. The first-order chi connectivity index (χ1) is 7.51. The van der Waals surface area contributed by atoms with Crippen molar-refractivity contribution >= 4 is 15.7 Å². The molecule has 3 N–H and O–H groups in total. The summed E-state index contributed by atoms with van der Waals surface area (Å²) in [5.41, 5.74) is 5.85. The molecule has 0 saturated heterocycles. The van der Waals surface area contributed by atoms with Gasteiger partial charge in [0.15, 0.2) is 0 Å². The summed E-state index contributed by atoms with van der Waals surface area (Å²) in [5, 5.41) is 8.60. The van der Waals surface area contributed by atoms with E-state index in [1.54, 1.807) is 0 Å². The highest BCUT2D eigenvalue weighted by Crippen LogP contribution is 2.18. The van der Waals surface area contributed by atoms with E-state index in [4.69, 9.17) is 17.4 Å². The second-order valence-corrected chi connectivity index (χ2v) is 4.63. The fraction of sp³-hybridized carbons (Fsp3) is 0.100. The van der Waals surface area contributed by atoms with E-state index in [1.165, 1.54) is 18.2 Å². The molecule has 0 fully saturated rings. The largest absolute Gasteiger partial charge is 0.398 e. The highest BCUT2D eigenvalue weighted by atomic mass is 32.2. The molecule has 0 bridgehead atoms. The van der Waals surface area contributed by atoms with Gasteiger partial charge in [0.1, 0.15) is 4.90 Å². The van der Waals surface area contributed by atoms with Gasteiger partial charge in [0.05, 0.1) is 23.9 Å². The molecule has 0 spiro atoms. The number of nitrogen functional groups attached to an aromatic ring is 1. The van der Waals surface area contributed by atoms with Gasteiger partial charge in [-0.2, -0.15) is 9.98 Å². The standard InChI is InChI=1S/C10H9N3O2S/c1-2-5-13-16(14,15)10-4-3-8(7-11)6-9(10)12/h1,3-4,6,13H,5,12H2. The van der Waals surface area contributed by atoms with Gasteiger partial charge in [0.25, 0.3) is 0 Å². The second-order valence-electron chi connectivity index (χ2n) is 2.89. The molecule has 1 aromatic rings. The summed E-state index contributed by atoms with van der Waals surface area (Å²) in [7, 11) is -3.70. The van der Waals surface area contributed by atoms with Gasteiger partial charge in [-0.05, 0) is 18.2 Å². The van der Waals surface area contributed by atoms with Crippen molar-refractivity contribution in [3.05, 3.63) is 23.8 Å². The Morgan fingerprint density at radius 2 is 2.19 bits per heavy atom. The molecule has 16 heavy (non-hydrogen) atoms. The number of rotatable bonds is 3. The van der Waals surface area contributed by atoms with Crippen molar-refractivity contribution in [3.8, 4) is 18.4 Å². The van der Waals surface area contributed by atoms with Crippen LogP contribution in [0.15, 0.2) is 23.1 Å². The zero-order valence-corrected chi connectivity index (χ0v) is 9.08. The Bertz CT molecular complexity index is 579. The molecule has 0 aromatic heterocycles. The van der Waals surface area contributed by atoms with Gasteiger partial charge in [0.2, 0.25) is 10.0 Å². The summed E-state index contributed by atoms with van der Waals surface area (Å²) in [5.74, 6) is 2.15. The van der Waals surface area contributed by atoms with Gasteiger partial charge < -0.3 is 5.73 Å². The lowest BCUT2D eigenvalue weighted by atomic mass is 10.2. The molecule has 0 aliphatic carbocycles. The number of sulfonamides is 1. The molecule has 5 nitrogen and oxygen atoms in total. The molecule has 1 rings (SSSR count). The number of nitriles is 1. The Hall–Kier alpha value is -2.02. The normalized spacial score (nSPS) is 10.4. The van der Waals surface area contributed by atoms with E-state index in [-0.39, 0.29) is 17.1 Å². The average Bonchev–Trinajstić information content (AvgIpc) is 2.25. The van der Waals surface area contributed by atoms with Crippen molar-refractivity contribution in [1.82, 2.24) is 4.72 Å². The zero-order valence-electron chi connectivity index (χ0n) is 8.27. The maximum Gasteiger partial charge on any atom is 0.243 e. The summed E-state index contributed by atoms with van der Waals surface area (Å²) >= 11 is 0. The third kappa shape index (κ3) is 2.51. The quantitative estimate of drug-likeness (QED) is 0.571. The Balaban J connectivity index is 3.16. The first kappa shape index (κ1) is 12.1. The smallest absolute Gasteiger partial charge is 0.243 e. The van der Waals surface area contributed by atoms with E-state index in [0.29, 0.717) is 5.56 Å². The van der Waals surface area contributed by atoms with Gasteiger partial charge in [-0.3, -0.25) is 0 Å². The Morgan fingerprint density at radius 3 is 2.69 bits per heavy atom. The molecular formula is C10H9N3O2S. The van der Waals surface area contributed by atoms with Gasteiger partial charge in [-0.1, -0.05) is 5.92 Å². The van der Waals surface area contributed by atoms with Crippen LogP contribution in [0.25, 0.3) is 0 Å². The lowest BCUT2D eigenvalue weighted by Crippen LogP contribution is -2.24. The third-order valence-electron chi connectivity index (χ3n) is 1.79. The van der Waals surface area contributed by atoms with E-state index in [9.17, 15) is 8.42 Å². The van der Waals surface area contributed by atoms with Crippen LogP contribution in [-0.2, 0) is 10.0 Å². The Kier molecular flexibility index (Phi) is 3.51. The van der Waals surface area contributed by atoms with Crippen LogP contribution in [0.5, 0.6) is 0 Å². The van der Waals surface area contributed by atoms with Gasteiger partial charge in [-0.25, -0.2) is 8.42 Å². The summed E-state index contributed by atoms with van der Waals surface area (Å²) in [6.07, 6.45) is 4.95. The summed E-state index contributed by atoms with van der Waals surface area (Å²) in [4.78, 5) is -0.0817. The molecule has 82 valence electrons. The number of nitrogens with one attached hydrogen (secondary N) is 1. The summed E-state index contributed by atoms with van der Waals surface area (Å²) in [6.45, 7) is -0.109. The minimum atomic E-state index is -3.70. The fourth-order valence-electron chi connectivity index (χ4n) is 1.08. The summed E-state index contributed by atoms with van der Waals surface area (Å²) < 4.78 is 25.5. The number of hydrogen-bond donors (Lipinski definition) is 2. The van der Waals surface area contributed by atoms with Crippen molar-refractivity contribution in [2.45, 2.75) is 4.90 Å². The SMILES string of the molecule is C#CCNS(=O)(=O)c1ccc(C#N)cc1N. The number of nitrogens with two attached hydrogens (primary N) is 1. The number of terminal acetylenes is 1. The van der Waals surface area contributed by atoms with Gasteiger partial charge in [0, 0.05) is 0 Å². The van der Waals surface area contributed by atoms with Crippen molar-refractivity contribution in [3.63, 3.8) is 0 Å². The number of nitrogens with zero attached hydrogens (tertiary/aromatic N) is 1. The maximum atomic E-state index is 11.6. The lowest BCUT2D eigenvalue weighted by molar-refractivity contribution is 0.586. The van der Waals surface area contributed by atoms with E-state index in [1.807, 2.05) is 6.07 Å². The van der Waals surface area contributed by atoms with Crippen LogP contribution >= 0.6 is 0 Å². The summed E-state index contributed by atoms with van der Waals surface area (Å²) in [6, 6.07) is 5.80. The zero-order chi connectivity index (χ0) is 12.2. The Morgan fingerprint density at radius 1 is 1.50 bits per heavy atom. The van der Waals surface area contributed by atoms with Crippen molar-refractivity contribution < 1.29 is 8.42 Å². The highest BCUT2D eigenvalue weighted by Gasteiger charge is 2.16. The molecule has 1 aromatic carbocycles. The minimum absolute atomic E-state index is 0.0172. The highest BCUT2D eigenvalue weighted by molar-refractivity contribution is 7.89. The molecule has 0 heterocycles. The predicted octanol–water partition coefficient (Wildman–Crippen LogP) is 0.0520. The molecular weight excluding hydrogens is 226 g/mol. The van der Waals surface area contributed by atoms with Crippen molar-refractivity contribution in [2.75, 3.05) is 12.3 Å². The number of anilines is 1. The molecule has 0 radical (unpaired) electrons. The first-order valence-electron chi connectivity index (χ1n) is 4.24. The minimum Gasteiger partial charge on any atom is -0.398 e. The van der Waals surface area contributed by atoms with Crippen LogP contribution in [0.1, 0.15) is 5.56 Å². The Labute approximate surface area is 93.9 Å². The maximum absolute atomic E-state index is 11.6. The predicted molar refractivity (Wildman–Crippen MR) is 59.6 cm³/mol. The van der Waals surface area contributed by atoms with E-state index in [2.05, 4.69) is 10.6 Å². The van der Waals surface area contributed by atoms with Gasteiger partial charge in [-0.15, -0.1) is 6.42 Å². The molecule has 0 aliphatic heterocycles. The molecule has 0 saturated carbocycles. The third-order valence-corrected chi connectivity index (χ3v) is 3.27. The van der Waals surface area contributed by atoms with Crippen LogP contribution in [0.4, 0.5) is 5.69 Å². The van der Waals surface area contributed by atoms with E-state index < -0.39 is 10.0 Å². The van der Waals surface area contributed by atoms with Gasteiger partial charge >= 0.3 is 0 Å². The average molecular weight is 235 g/mol. The van der Waals surface area contributed by atoms with Crippen LogP contribution in [0, 0.1) is 23.7 Å². The van der Waals surface area contributed by atoms with E-state index in [0.717, 1.165) is 0 Å². The van der Waals surface area contributed by atoms with Crippen LogP contribution in [-0.4, -0.2) is 15.0 Å². The molecule has 0 atom stereocenters. The van der Waals surface area contributed by atoms with Crippen LogP contribution in [0.3, 0.4) is 0 Å². The molecule has 0 unspecified atom stereocenters. The number of hydrogen-bond acceptors (Lipinski definition) is 4. The van der Waals surface area contributed by atoms with E-state index >= 15 is 0 Å². The van der Waals surface area contributed by atoms with Crippen LogP contribution < -0.4 is 10.5 Å². The number of benzene rings is 1. The topological polar surface area (TPSA) is 96.0 Å². The molecule has 0 amide bonds. The van der Waals surface area contributed by atoms with Crippen molar-refractivity contribution in [2.24, 2.45) is 0 Å². The molecule has 6 heteroatoms. The first-order valence-corrected chi connectivity index (χ1v) is 5.72. The van der Waals surface area contributed by atoms with Crippen molar-refractivity contribution in [1.29, 1.82) is 5.26 Å². The monoisotopic (exact) mass is 235 g/mol. The molecule has 0 aliphatic rings. The fourth-order valence-corrected chi connectivity index (χ4v) is 2.12. The lowest BCUT2D eigenvalue weighted by Gasteiger charge is -2.06.